The number of phenolic OH excluding ortho intramolecular Hbond substituents is 2. The van der Waals surface area contributed by atoms with Gasteiger partial charge in [0.15, 0.2) is 0 Å². The molecule has 0 radical (unpaired) electrons. The highest BCUT2D eigenvalue weighted by molar-refractivity contribution is 6.11. The summed E-state index contributed by atoms with van der Waals surface area (Å²) in [5.74, 6) is 1.80. The van der Waals surface area contributed by atoms with Crippen molar-refractivity contribution >= 4 is 21.5 Å². The molecule has 2 saturated carbocycles. The summed E-state index contributed by atoms with van der Waals surface area (Å²) in [4.78, 5) is 0. The van der Waals surface area contributed by atoms with Crippen LogP contribution in [0.5, 0.6) is 11.5 Å². The fraction of sp³-hybridized carbons (Fsp3) is 0.444. The average Bonchev–Trinajstić information content (AvgIpc) is 3.51. The van der Waals surface area contributed by atoms with Gasteiger partial charge in [-0.05, 0) is 130 Å². The highest BCUT2D eigenvalue weighted by Gasteiger charge is 2.44. The molecule has 0 saturated heterocycles. The Morgan fingerprint density at radius 3 is 1.42 bits per heavy atom. The van der Waals surface area contributed by atoms with Crippen molar-refractivity contribution in [3.8, 4) is 22.6 Å². The summed E-state index contributed by atoms with van der Waals surface area (Å²) in [5, 5.41) is 27.3. The molecule has 4 aliphatic carbocycles. The summed E-state index contributed by atoms with van der Waals surface area (Å²) < 4.78 is 0. The molecule has 0 unspecified atom stereocenters. The van der Waals surface area contributed by atoms with Gasteiger partial charge in [0.25, 0.3) is 0 Å². The lowest BCUT2D eigenvalue weighted by Gasteiger charge is -2.39. The van der Waals surface area contributed by atoms with Crippen LogP contribution in [0.2, 0.25) is 0 Å². The van der Waals surface area contributed by atoms with Crippen molar-refractivity contribution in [2.45, 2.75) is 89.9 Å². The Bertz CT molecular complexity index is 1520. The van der Waals surface area contributed by atoms with E-state index in [4.69, 9.17) is 0 Å². The van der Waals surface area contributed by atoms with E-state index in [1.807, 2.05) is 12.1 Å². The van der Waals surface area contributed by atoms with E-state index in [9.17, 15) is 10.2 Å². The van der Waals surface area contributed by atoms with Gasteiger partial charge in [0.1, 0.15) is 11.5 Å². The number of benzene rings is 4. The number of hydrogen-bond donors (Lipinski definition) is 2. The molecular formula is C36H38O2. The highest BCUT2D eigenvalue weighted by Crippen LogP contribution is 2.59. The van der Waals surface area contributed by atoms with Crippen molar-refractivity contribution < 1.29 is 10.2 Å². The largest absolute Gasteiger partial charge is 0.507 e. The van der Waals surface area contributed by atoms with Gasteiger partial charge in [-0.3, -0.25) is 0 Å². The first-order valence-electron chi connectivity index (χ1n) is 14.9. The Morgan fingerprint density at radius 1 is 0.553 bits per heavy atom. The number of fused-ring (bicyclic) bond motifs is 10. The third-order valence-electron chi connectivity index (χ3n) is 11.7. The Kier molecular flexibility index (Phi) is 4.69. The lowest BCUT2D eigenvalue weighted by Crippen LogP contribution is -2.26. The standard InChI is InChI=1S/C36H38O2/c1-35-17-3-5-29(35)25-7-9-27-21(23(25)15-19-35)11-13-31(37)33(27)34-28-10-8-26-24(22(28)12-14-32(34)38)16-20-36(2)18-4-6-30(26)36/h7-14,29-30,37-38H,3-6,15-20H2,1-2H3/t29-,30+,35-,36-/m0/s1. The van der Waals surface area contributed by atoms with Crippen molar-refractivity contribution in [3.05, 3.63) is 70.8 Å². The van der Waals surface area contributed by atoms with Gasteiger partial charge in [0.2, 0.25) is 0 Å². The molecule has 0 amide bonds. The molecule has 0 bridgehead atoms. The van der Waals surface area contributed by atoms with Crippen molar-refractivity contribution in [1.29, 1.82) is 0 Å². The number of aryl methyl sites for hydroxylation is 2. The van der Waals surface area contributed by atoms with Crippen LogP contribution in [-0.4, -0.2) is 10.2 Å². The second-order valence-electron chi connectivity index (χ2n) is 13.6. The Hall–Kier alpha value is -3.00. The molecular weight excluding hydrogens is 464 g/mol. The second-order valence-corrected chi connectivity index (χ2v) is 13.6. The van der Waals surface area contributed by atoms with Crippen molar-refractivity contribution in [3.63, 3.8) is 0 Å². The Labute approximate surface area is 225 Å². The predicted octanol–water partition coefficient (Wildman–Crippen LogP) is 9.51. The van der Waals surface area contributed by atoms with Gasteiger partial charge >= 0.3 is 0 Å². The van der Waals surface area contributed by atoms with E-state index >= 15 is 0 Å². The van der Waals surface area contributed by atoms with Gasteiger partial charge in [-0.2, -0.15) is 0 Å². The van der Waals surface area contributed by atoms with E-state index in [0.717, 1.165) is 34.7 Å². The van der Waals surface area contributed by atoms with E-state index in [0.29, 0.717) is 22.7 Å². The maximum atomic E-state index is 11.3. The lowest BCUT2D eigenvalue weighted by molar-refractivity contribution is 0.253. The first-order valence-corrected chi connectivity index (χ1v) is 14.9. The average molecular weight is 503 g/mol. The molecule has 0 heterocycles. The van der Waals surface area contributed by atoms with Crippen LogP contribution in [0.1, 0.15) is 99.3 Å². The molecule has 4 aromatic carbocycles. The second kappa shape index (κ2) is 7.78. The van der Waals surface area contributed by atoms with E-state index in [-0.39, 0.29) is 11.5 Å². The number of aromatic hydroxyl groups is 2. The summed E-state index contributed by atoms with van der Waals surface area (Å²) in [6, 6.07) is 17.1. The minimum atomic E-state index is 0.253. The van der Waals surface area contributed by atoms with Crippen molar-refractivity contribution in [2.24, 2.45) is 10.8 Å². The molecule has 0 aliphatic heterocycles. The molecule has 38 heavy (non-hydrogen) atoms. The van der Waals surface area contributed by atoms with E-state index in [2.05, 4.69) is 50.2 Å². The van der Waals surface area contributed by atoms with E-state index in [1.165, 1.54) is 84.4 Å². The van der Waals surface area contributed by atoms with E-state index < -0.39 is 0 Å². The van der Waals surface area contributed by atoms with Gasteiger partial charge in [0, 0.05) is 11.1 Å². The van der Waals surface area contributed by atoms with Crippen LogP contribution in [0.15, 0.2) is 48.5 Å². The SMILES string of the molecule is C[C@@]12CCC[C@@H]1c1ccc3c(-c4c(O)ccc5c6c(ccc45)[C@@H]4CCC[C@@]4(C)CC6)c(O)ccc3c1CC2. The zero-order valence-electron chi connectivity index (χ0n) is 22.7. The van der Waals surface area contributed by atoms with Gasteiger partial charge in [-0.15, -0.1) is 0 Å². The molecule has 8 rings (SSSR count). The highest BCUT2D eigenvalue weighted by atomic mass is 16.3. The zero-order valence-corrected chi connectivity index (χ0v) is 22.7. The fourth-order valence-electron chi connectivity index (χ4n) is 9.63. The molecule has 2 fully saturated rings. The normalized spacial score (nSPS) is 29.7. The van der Waals surface area contributed by atoms with Crippen LogP contribution in [0.4, 0.5) is 0 Å². The third kappa shape index (κ3) is 2.95. The Balaban J connectivity index is 1.36. The topological polar surface area (TPSA) is 40.5 Å². The van der Waals surface area contributed by atoms with Crippen LogP contribution in [0.3, 0.4) is 0 Å². The summed E-state index contributed by atoms with van der Waals surface area (Å²) >= 11 is 0. The maximum absolute atomic E-state index is 11.3. The molecule has 194 valence electrons. The Morgan fingerprint density at radius 2 is 0.974 bits per heavy atom. The monoisotopic (exact) mass is 502 g/mol. The summed E-state index contributed by atoms with van der Waals surface area (Å²) in [6.07, 6.45) is 12.6. The third-order valence-corrected chi connectivity index (χ3v) is 11.7. The molecule has 4 aliphatic rings. The molecule has 2 heteroatoms. The maximum Gasteiger partial charge on any atom is 0.124 e. The molecule has 4 aromatic rings. The minimum absolute atomic E-state index is 0.253. The van der Waals surface area contributed by atoms with Gasteiger partial charge in [-0.25, -0.2) is 0 Å². The van der Waals surface area contributed by atoms with Gasteiger partial charge in [-0.1, -0.05) is 63.1 Å². The zero-order chi connectivity index (χ0) is 25.8. The molecule has 0 spiro atoms. The van der Waals surface area contributed by atoms with Crippen molar-refractivity contribution in [2.75, 3.05) is 0 Å². The smallest absolute Gasteiger partial charge is 0.124 e. The van der Waals surface area contributed by atoms with Crippen LogP contribution < -0.4 is 0 Å². The molecule has 2 nitrogen and oxygen atoms in total. The number of rotatable bonds is 1. The lowest BCUT2D eigenvalue weighted by atomic mass is 9.66. The summed E-state index contributed by atoms with van der Waals surface area (Å²) in [6.45, 7) is 4.98. The molecule has 0 aromatic heterocycles. The number of hydrogen-bond acceptors (Lipinski definition) is 2. The minimum Gasteiger partial charge on any atom is -0.507 e. The molecule has 4 atom stereocenters. The van der Waals surface area contributed by atoms with Crippen LogP contribution >= 0.6 is 0 Å². The van der Waals surface area contributed by atoms with Gasteiger partial charge in [0.05, 0.1) is 0 Å². The van der Waals surface area contributed by atoms with E-state index in [1.54, 1.807) is 0 Å². The van der Waals surface area contributed by atoms with Crippen LogP contribution in [0, 0.1) is 10.8 Å². The summed E-state index contributed by atoms with van der Waals surface area (Å²) in [7, 11) is 0. The fourth-order valence-corrected chi connectivity index (χ4v) is 9.63. The van der Waals surface area contributed by atoms with Crippen LogP contribution in [0.25, 0.3) is 32.7 Å². The number of phenols is 2. The first-order chi connectivity index (χ1) is 18.4. The van der Waals surface area contributed by atoms with Crippen molar-refractivity contribution in [1.82, 2.24) is 0 Å². The molecule has 2 N–H and O–H groups in total. The predicted molar refractivity (Wildman–Crippen MR) is 156 cm³/mol. The van der Waals surface area contributed by atoms with Crippen LogP contribution in [-0.2, 0) is 12.8 Å². The quantitative estimate of drug-likeness (QED) is 0.272. The summed E-state index contributed by atoms with van der Waals surface area (Å²) in [5.41, 5.74) is 8.42. The van der Waals surface area contributed by atoms with Gasteiger partial charge < -0.3 is 10.2 Å². The first kappa shape index (κ1) is 22.9.